The third-order valence-electron chi connectivity index (χ3n) is 3.21. The summed E-state index contributed by atoms with van der Waals surface area (Å²) in [6.45, 7) is 3.69. The van der Waals surface area contributed by atoms with Crippen LogP contribution in [-0.2, 0) is 9.59 Å². The van der Waals surface area contributed by atoms with Crippen molar-refractivity contribution in [3.8, 4) is 5.75 Å². The van der Waals surface area contributed by atoms with E-state index in [1.54, 1.807) is 48.5 Å². The number of carboxylic acid groups (broad SMARTS) is 1. The molecule has 0 fully saturated rings. The van der Waals surface area contributed by atoms with E-state index in [1.807, 2.05) is 0 Å². The molecule has 0 bridgehead atoms. The Morgan fingerprint density at radius 2 is 1.76 bits per heavy atom. The molecular weight excluding hydrogens is 322 g/mol. The maximum Gasteiger partial charge on any atom is 0.353 e. The number of carbonyl (C=O) groups is 2. The van der Waals surface area contributed by atoms with Gasteiger partial charge in [-0.3, -0.25) is 4.79 Å². The SMILES string of the molecule is C=C(C(=O)C(Oc1ccccc1)C(=O)O)c1cccc(N=C(N)N)c1. The topological polar surface area (TPSA) is 128 Å². The molecule has 0 amide bonds. The Morgan fingerprint density at radius 3 is 2.36 bits per heavy atom. The Kier molecular flexibility index (Phi) is 5.52. The molecule has 0 heterocycles. The second kappa shape index (κ2) is 7.78. The zero-order chi connectivity index (χ0) is 18.4. The number of nitrogens with zero attached hydrogens (tertiary/aromatic N) is 1. The lowest BCUT2D eigenvalue weighted by Crippen LogP contribution is -2.36. The van der Waals surface area contributed by atoms with Crippen molar-refractivity contribution >= 4 is 29.0 Å². The van der Waals surface area contributed by atoms with Crippen LogP contribution in [0.2, 0.25) is 0 Å². The molecule has 0 spiro atoms. The number of Topliss-reactive ketones (excluding diaryl/α,β-unsaturated/α-hetero) is 1. The average Bonchev–Trinajstić information content (AvgIpc) is 2.58. The van der Waals surface area contributed by atoms with Gasteiger partial charge < -0.3 is 21.3 Å². The number of aliphatic imine (C=N–C) groups is 1. The number of aliphatic carboxylic acids is 1. The maximum absolute atomic E-state index is 12.5. The van der Waals surface area contributed by atoms with Crippen LogP contribution < -0.4 is 16.2 Å². The molecule has 0 aliphatic carbocycles. The molecule has 0 aromatic heterocycles. The van der Waals surface area contributed by atoms with Crippen LogP contribution in [0.15, 0.2) is 66.2 Å². The van der Waals surface area contributed by atoms with Crippen molar-refractivity contribution in [2.24, 2.45) is 16.5 Å². The minimum atomic E-state index is -1.71. The van der Waals surface area contributed by atoms with E-state index in [9.17, 15) is 14.7 Å². The van der Waals surface area contributed by atoms with Gasteiger partial charge in [0.2, 0.25) is 5.78 Å². The number of benzene rings is 2. The lowest BCUT2D eigenvalue weighted by atomic mass is 9.99. The van der Waals surface area contributed by atoms with Crippen LogP contribution in [0, 0.1) is 0 Å². The maximum atomic E-state index is 12.5. The lowest BCUT2D eigenvalue weighted by Gasteiger charge is -2.15. The van der Waals surface area contributed by atoms with Crippen LogP contribution in [0.1, 0.15) is 5.56 Å². The quantitative estimate of drug-likeness (QED) is 0.305. The molecule has 0 aliphatic rings. The van der Waals surface area contributed by atoms with Gasteiger partial charge in [-0.15, -0.1) is 0 Å². The number of ether oxygens (including phenoxy) is 1. The lowest BCUT2D eigenvalue weighted by molar-refractivity contribution is -0.148. The van der Waals surface area contributed by atoms with E-state index in [0.29, 0.717) is 11.3 Å². The molecule has 2 aromatic rings. The van der Waals surface area contributed by atoms with Gasteiger partial charge >= 0.3 is 5.97 Å². The van der Waals surface area contributed by atoms with E-state index in [0.717, 1.165) is 0 Å². The standard InChI is InChI=1S/C18H17N3O4/c1-11(12-6-5-7-13(10-12)21-18(19)20)15(22)16(17(23)24)25-14-8-3-2-4-9-14/h2-10,16H,1H2,(H,23,24)(H4,19,20,21). The Morgan fingerprint density at radius 1 is 1.08 bits per heavy atom. The van der Waals surface area contributed by atoms with Gasteiger partial charge in [0, 0.05) is 5.57 Å². The van der Waals surface area contributed by atoms with E-state index in [-0.39, 0.29) is 17.3 Å². The predicted molar refractivity (Wildman–Crippen MR) is 94.4 cm³/mol. The van der Waals surface area contributed by atoms with Crippen LogP contribution in [0.4, 0.5) is 5.69 Å². The number of para-hydroxylation sites is 1. The summed E-state index contributed by atoms with van der Waals surface area (Å²) in [7, 11) is 0. The van der Waals surface area contributed by atoms with E-state index in [2.05, 4.69) is 11.6 Å². The summed E-state index contributed by atoms with van der Waals surface area (Å²) in [5.41, 5.74) is 11.4. The van der Waals surface area contributed by atoms with Crippen LogP contribution >= 0.6 is 0 Å². The number of hydrogen-bond acceptors (Lipinski definition) is 4. The number of guanidine groups is 1. The summed E-state index contributed by atoms with van der Waals surface area (Å²) in [5, 5.41) is 9.33. The zero-order valence-corrected chi connectivity index (χ0v) is 13.3. The van der Waals surface area contributed by atoms with E-state index >= 15 is 0 Å². The third-order valence-corrected chi connectivity index (χ3v) is 3.21. The normalized spacial score (nSPS) is 11.2. The number of rotatable bonds is 7. The number of carboxylic acids is 1. The molecule has 0 aliphatic heterocycles. The number of ketones is 1. The first-order valence-corrected chi connectivity index (χ1v) is 7.26. The summed E-state index contributed by atoms with van der Waals surface area (Å²) in [5.74, 6) is -2.04. The van der Waals surface area contributed by atoms with Crippen LogP contribution in [0.25, 0.3) is 5.57 Å². The van der Waals surface area contributed by atoms with Crippen molar-refractivity contribution in [1.82, 2.24) is 0 Å². The molecular formula is C18H17N3O4. The second-order valence-electron chi connectivity index (χ2n) is 5.08. The predicted octanol–water partition coefficient (Wildman–Crippen LogP) is 1.71. The highest BCUT2D eigenvalue weighted by Crippen LogP contribution is 2.22. The Labute approximate surface area is 144 Å². The van der Waals surface area contributed by atoms with Gasteiger partial charge in [0.1, 0.15) is 5.75 Å². The molecule has 25 heavy (non-hydrogen) atoms. The van der Waals surface area contributed by atoms with Crippen molar-refractivity contribution in [1.29, 1.82) is 0 Å². The second-order valence-corrected chi connectivity index (χ2v) is 5.08. The summed E-state index contributed by atoms with van der Waals surface area (Å²) in [4.78, 5) is 27.9. The molecule has 2 aromatic carbocycles. The molecule has 2 rings (SSSR count). The van der Waals surface area contributed by atoms with Gasteiger partial charge in [0.25, 0.3) is 6.10 Å². The molecule has 7 heteroatoms. The molecule has 128 valence electrons. The fraction of sp³-hybridized carbons (Fsp3) is 0.0556. The van der Waals surface area contributed by atoms with Gasteiger partial charge in [-0.05, 0) is 29.8 Å². The molecule has 7 nitrogen and oxygen atoms in total. The number of carbonyl (C=O) groups excluding carboxylic acids is 1. The van der Waals surface area contributed by atoms with Crippen molar-refractivity contribution in [3.63, 3.8) is 0 Å². The molecule has 5 N–H and O–H groups in total. The van der Waals surface area contributed by atoms with Crippen LogP contribution in [-0.4, -0.2) is 28.9 Å². The summed E-state index contributed by atoms with van der Waals surface area (Å²) >= 11 is 0. The molecule has 0 radical (unpaired) electrons. The van der Waals surface area contributed by atoms with Gasteiger partial charge in [-0.25, -0.2) is 9.79 Å². The minimum absolute atomic E-state index is 0.0176. The number of nitrogens with two attached hydrogens (primary N) is 2. The number of hydrogen-bond donors (Lipinski definition) is 3. The average molecular weight is 339 g/mol. The highest BCUT2D eigenvalue weighted by Gasteiger charge is 2.30. The third kappa shape index (κ3) is 4.68. The van der Waals surface area contributed by atoms with Crippen molar-refractivity contribution in [3.05, 3.63) is 66.7 Å². The van der Waals surface area contributed by atoms with Crippen molar-refractivity contribution in [2.45, 2.75) is 6.10 Å². The Bertz CT molecular complexity index is 827. The van der Waals surface area contributed by atoms with Gasteiger partial charge in [-0.1, -0.05) is 36.9 Å². The largest absolute Gasteiger partial charge is 0.478 e. The first kappa shape index (κ1) is 17.7. The Hall–Kier alpha value is -3.61. The van der Waals surface area contributed by atoms with Crippen LogP contribution in [0.5, 0.6) is 5.75 Å². The fourth-order valence-electron chi connectivity index (χ4n) is 2.06. The molecule has 0 saturated carbocycles. The van der Waals surface area contributed by atoms with E-state index < -0.39 is 17.9 Å². The highest BCUT2D eigenvalue weighted by atomic mass is 16.5. The molecule has 1 atom stereocenters. The van der Waals surface area contributed by atoms with Crippen molar-refractivity contribution < 1.29 is 19.4 Å². The fourth-order valence-corrected chi connectivity index (χ4v) is 2.06. The first-order chi connectivity index (χ1) is 11.9. The monoisotopic (exact) mass is 339 g/mol. The summed E-state index contributed by atoms with van der Waals surface area (Å²) < 4.78 is 5.30. The van der Waals surface area contributed by atoms with E-state index in [4.69, 9.17) is 16.2 Å². The molecule has 0 saturated heterocycles. The summed E-state index contributed by atoms with van der Waals surface area (Å²) in [6.07, 6.45) is -1.71. The molecule has 1 unspecified atom stereocenters. The van der Waals surface area contributed by atoms with Crippen molar-refractivity contribution in [2.75, 3.05) is 0 Å². The smallest absolute Gasteiger partial charge is 0.353 e. The zero-order valence-electron chi connectivity index (χ0n) is 13.3. The van der Waals surface area contributed by atoms with Gasteiger partial charge in [-0.2, -0.15) is 0 Å². The van der Waals surface area contributed by atoms with Crippen LogP contribution in [0.3, 0.4) is 0 Å². The Balaban J connectivity index is 2.25. The van der Waals surface area contributed by atoms with E-state index in [1.165, 1.54) is 6.07 Å². The van der Waals surface area contributed by atoms with Gasteiger partial charge in [0.15, 0.2) is 5.96 Å². The first-order valence-electron chi connectivity index (χ1n) is 7.26. The minimum Gasteiger partial charge on any atom is -0.478 e. The highest BCUT2D eigenvalue weighted by molar-refractivity contribution is 6.27. The van der Waals surface area contributed by atoms with Gasteiger partial charge in [0.05, 0.1) is 5.69 Å². The summed E-state index contributed by atoms with van der Waals surface area (Å²) in [6, 6.07) is 14.6.